The van der Waals surface area contributed by atoms with Gasteiger partial charge in [0.05, 0.1) is 0 Å². The molecule has 2 nitrogen and oxygen atoms in total. The average Bonchev–Trinajstić information content (AvgIpc) is 2.25. The van der Waals surface area contributed by atoms with E-state index >= 15 is 0 Å². The third-order valence-electron chi connectivity index (χ3n) is 1.95. The van der Waals surface area contributed by atoms with Crippen molar-refractivity contribution in [1.82, 2.24) is 10.3 Å². The van der Waals surface area contributed by atoms with Gasteiger partial charge < -0.3 is 5.32 Å². The molecule has 0 unspecified atom stereocenters. The van der Waals surface area contributed by atoms with Crippen LogP contribution < -0.4 is 5.32 Å². The predicted molar refractivity (Wildman–Crippen MR) is 70.4 cm³/mol. The second-order valence-corrected chi connectivity index (χ2v) is 5.18. The van der Waals surface area contributed by atoms with E-state index in [9.17, 15) is 0 Å². The van der Waals surface area contributed by atoms with Gasteiger partial charge in [0.1, 0.15) is 5.03 Å². The minimum Gasteiger partial charge on any atom is -0.316 e. The van der Waals surface area contributed by atoms with Crippen LogP contribution in [0.3, 0.4) is 0 Å². The highest BCUT2D eigenvalue weighted by atomic mass is 79.9. The molecule has 1 rings (SSSR count). The van der Waals surface area contributed by atoms with Crippen molar-refractivity contribution in [2.24, 2.45) is 0 Å². The van der Waals surface area contributed by atoms with Gasteiger partial charge in [-0.1, -0.05) is 13.3 Å². The van der Waals surface area contributed by atoms with E-state index in [1.54, 1.807) is 11.8 Å². The molecule has 0 aromatic carbocycles. The summed E-state index contributed by atoms with van der Waals surface area (Å²) < 4.78 is 1.09. The number of halogens is 1. The summed E-state index contributed by atoms with van der Waals surface area (Å²) in [5.74, 6) is 1.07. The van der Waals surface area contributed by atoms with E-state index in [1.807, 2.05) is 18.3 Å². The molecular weight excluding hydrogens is 272 g/mol. The van der Waals surface area contributed by atoms with Gasteiger partial charge in [-0.15, -0.1) is 11.8 Å². The normalized spacial score (nSPS) is 10.5. The largest absolute Gasteiger partial charge is 0.316 e. The van der Waals surface area contributed by atoms with Gasteiger partial charge >= 0.3 is 0 Å². The summed E-state index contributed by atoms with van der Waals surface area (Å²) >= 11 is 5.27. The molecule has 0 radical (unpaired) electrons. The minimum absolute atomic E-state index is 1.05. The lowest BCUT2D eigenvalue weighted by molar-refractivity contribution is 0.666. The number of hydrogen-bond donors (Lipinski definition) is 1. The van der Waals surface area contributed by atoms with E-state index in [-0.39, 0.29) is 0 Å². The molecule has 0 aliphatic heterocycles. The first-order chi connectivity index (χ1) is 7.34. The van der Waals surface area contributed by atoms with E-state index in [0.717, 1.165) is 28.3 Å². The molecule has 0 aliphatic carbocycles. The Morgan fingerprint density at radius 2 is 2.33 bits per heavy atom. The molecule has 1 aromatic rings. The molecule has 0 bridgehead atoms. The Kier molecular flexibility index (Phi) is 7.05. The number of aromatic nitrogens is 1. The number of thioether (sulfide) groups is 1. The standard InChI is InChI=1S/C11H17BrN2S/c1-2-3-6-13-8-9-15-11-10(12)5-4-7-14-11/h4-5,7,13H,2-3,6,8-9H2,1H3. The number of unbranched alkanes of at least 4 members (excludes halogenated alkanes) is 1. The van der Waals surface area contributed by atoms with Gasteiger partial charge in [0, 0.05) is 23.0 Å². The van der Waals surface area contributed by atoms with E-state index in [1.165, 1.54) is 12.8 Å². The topological polar surface area (TPSA) is 24.9 Å². The van der Waals surface area contributed by atoms with Crippen LogP contribution in [-0.4, -0.2) is 23.8 Å². The number of rotatable bonds is 7. The zero-order chi connectivity index (χ0) is 10.9. The van der Waals surface area contributed by atoms with E-state index in [4.69, 9.17) is 0 Å². The van der Waals surface area contributed by atoms with E-state index in [2.05, 4.69) is 33.2 Å². The molecule has 0 fully saturated rings. The Hall–Kier alpha value is -0.0600. The van der Waals surface area contributed by atoms with Crippen molar-refractivity contribution in [3.05, 3.63) is 22.8 Å². The van der Waals surface area contributed by atoms with Gasteiger partial charge in [0.2, 0.25) is 0 Å². The predicted octanol–water partition coefficient (Wildman–Crippen LogP) is 3.33. The molecule has 84 valence electrons. The Morgan fingerprint density at radius 1 is 1.47 bits per heavy atom. The first-order valence-electron chi connectivity index (χ1n) is 5.28. The maximum absolute atomic E-state index is 4.30. The zero-order valence-corrected chi connectivity index (χ0v) is 11.4. The molecule has 4 heteroatoms. The maximum atomic E-state index is 4.30. The second-order valence-electron chi connectivity index (χ2n) is 3.24. The fourth-order valence-corrected chi connectivity index (χ4v) is 2.50. The van der Waals surface area contributed by atoms with Crippen molar-refractivity contribution in [3.63, 3.8) is 0 Å². The summed E-state index contributed by atoms with van der Waals surface area (Å²) in [7, 11) is 0. The summed E-state index contributed by atoms with van der Waals surface area (Å²) in [6.07, 6.45) is 4.35. The van der Waals surface area contributed by atoms with Crippen molar-refractivity contribution in [2.75, 3.05) is 18.8 Å². The Labute approximate surface area is 104 Å². The average molecular weight is 289 g/mol. The highest BCUT2D eigenvalue weighted by Gasteiger charge is 1.99. The Morgan fingerprint density at radius 3 is 3.07 bits per heavy atom. The molecule has 1 aromatic heterocycles. The van der Waals surface area contributed by atoms with Gasteiger partial charge in [-0.25, -0.2) is 4.98 Å². The zero-order valence-electron chi connectivity index (χ0n) is 9.00. The molecule has 0 atom stereocenters. The molecule has 0 aliphatic rings. The molecule has 1 heterocycles. The van der Waals surface area contributed by atoms with Crippen molar-refractivity contribution < 1.29 is 0 Å². The number of nitrogens with zero attached hydrogens (tertiary/aromatic N) is 1. The maximum Gasteiger partial charge on any atom is 0.110 e. The van der Waals surface area contributed by atoms with Gasteiger partial charge in [-0.05, 0) is 41.0 Å². The van der Waals surface area contributed by atoms with Crippen LogP contribution in [-0.2, 0) is 0 Å². The van der Waals surface area contributed by atoms with Crippen LogP contribution >= 0.6 is 27.7 Å². The highest BCUT2D eigenvalue weighted by molar-refractivity contribution is 9.10. The van der Waals surface area contributed by atoms with Crippen LogP contribution in [0.5, 0.6) is 0 Å². The number of pyridine rings is 1. The number of hydrogen-bond acceptors (Lipinski definition) is 3. The SMILES string of the molecule is CCCCNCCSc1ncccc1Br. The highest BCUT2D eigenvalue weighted by Crippen LogP contribution is 2.23. The molecular formula is C11H17BrN2S. The third kappa shape index (κ3) is 5.54. The molecule has 0 amide bonds. The van der Waals surface area contributed by atoms with Crippen LogP contribution in [0.15, 0.2) is 27.8 Å². The quantitative estimate of drug-likeness (QED) is 0.615. The lowest BCUT2D eigenvalue weighted by Crippen LogP contribution is -2.18. The third-order valence-corrected chi connectivity index (χ3v) is 3.86. The van der Waals surface area contributed by atoms with Crippen LogP contribution in [0.1, 0.15) is 19.8 Å². The first-order valence-corrected chi connectivity index (χ1v) is 7.06. The second kappa shape index (κ2) is 8.13. The van der Waals surface area contributed by atoms with Crippen molar-refractivity contribution in [2.45, 2.75) is 24.8 Å². The van der Waals surface area contributed by atoms with Crippen LogP contribution in [0.4, 0.5) is 0 Å². The minimum atomic E-state index is 1.05. The van der Waals surface area contributed by atoms with Crippen molar-refractivity contribution in [1.29, 1.82) is 0 Å². The lowest BCUT2D eigenvalue weighted by atomic mass is 10.3. The summed E-state index contributed by atoms with van der Waals surface area (Å²) in [4.78, 5) is 4.30. The van der Waals surface area contributed by atoms with Crippen LogP contribution in [0.25, 0.3) is 0 Å². The molecule has 0 saturated heterocycles. The Bertz CT molecular complexity index is 281. The van der Waals surface area contributed by atoms with Crippen LogP contribution in [0, 0.1) is 0 Å². The van der Waals surface area contributed by atoms with Crippen molar-refractivity contribution in [3.8, 4) is 0 Å². The molecule has 0 spiro atoms. The van der Waals surface area contributed by atoms with Gasteiger partial charge in [0.25, 0.3) is 0 Å². The van der Waals surface area contributed by atoms with Crippen LogP contribution in [0.2, 0.25) is 0 Å². The van der Waals surface area contributed by atoms with Gasteiger partial charge in [-0.3, -0.25) is 0 Å². The Balaban J connectivity index is 2.12. The summed E-state index contributed by atoms with van der Waals surface area (Å²) in [6.45, 7) is 4.38. The molecule has 15 heavy (non-hydrogen) atoms. The summed E-state index contributed by atoms with van der Waals surface area (Å²) in [5.41, 5.74) is 0. The summed E-state index contributed by atoms with van der Waals surface area (Å²) in [6, 6.07) is 3.97. The monoisotopic (exact) mass is 288 g/mol. The summed E-state index contributed by atoms with van der Waals surface area (Å²) in [5, 5.41) is 4.49. The molecule has 0 saturated carbocycles. The lowest BCUT2D eigenvalue weighted by Gasteiger charge is -2.04. The fraction of sp³-hybridized carbons (Fsp3) is 0.545. The smallest absolute Gasteiger partial charge is 0.110 e. The fourth-order valence-electron chi connectivity index (χ4n) is 1.12. The van der Waals surface area contributed by atoms with Gasteiger partial charge in [0.15, 0.2) is 0 Å². The number of nitrogens with one attached hydrogen (secondary N) is 1. The first kappa shape index (κ1) is 13.0. The molecule has 1 N–H and O–H groups in total. The van der Waals surface area contributed by atoms with E-state index < -0.39 is 0 Å². The van der Waals surface area contributed by atoms with Crippen molar-refractivity contribution >= 4 is 27.7 Å². The van der Waals surface area contributed by atoms with Gasteiger partial charge in [-0.2, -0.15) is 0 Å². The van der Waals surface area contributed by atoms with E-state index in [0.29, 0.717) is 0 Å².